The Morgan fingerprint density at radius 3 is 2.21 bits per heavy atom. The summed E-state index contributed by atoms with van der Waals surface area (Å²) in [7, 11) is 0. The summed E-state index contributed by atoms with van der Waals surface area (Å²) in [5.41, 5.74) is 1.57. The molecule has 0 spiro atoms. The highest BCUT2D eigenvalue weighted by atomic mass is 32.1. The molecule has 2 atom stereocenters. The van der Waals surface area contributed by atoms with Crippen LogP contribution in [0.15, 0.2) is 78.9 Å². The smallest absolute Gasteiger partial charge is 0.412 e. The number of carbonyl (C=O) groups is 3. The Balaban J connectivity index is 1.86. The standard InChI is InChI=1S/C29H31NO8S/c1-20(32)21-7-11-23(12-8-21)30-29(34)38-28(22-9-13-24(14-10-22)35-18-16-31)26(15-17-36-27(33)19-39)37-25-5-3-2-4-6-25/h2-14,26,28,31,39H,15-19H2,1H3,(H,30,34)/t26-,28-/m1/s1. The van der Waals surface area contributed by atoms with E-state index in [2.05, 4.69) is 17.9 Å². The third-order valence-electron chi connectivity index (χ3n) is 5.50. The first-order chi connectivity index (χ1) is 18.9. The monoisotopic (exact) mass is 553 g/mol. The van der Waals surface area contributed by atoms with E-state index in [0.717, 1.165) is 0 Å². The molecular formula is C29H31NO8S. The average molecular weight is 554 g/mol. The normalized spacial score (nSPS) is 12.1. The van der Waals surface area contributed by atoms with E-state index in [9.17, 15) is 14.4 Å². The van der Waals surface area contributed by atoms with E-state index < -0.39 is 24.3 Å². The maximum atomic E-state index is 13.0. The lowest BCUT2D eigenvalue weighted by Crippen LogP contribution is -2.32. The lowest BCUT2D eigenvalue weighted by molar-refractivity contribution is -0.141. The number of aliphatic hydroxyl groups excluding tert-OH is 1. The molecule has 0 bridgehead atoms. The summed E-state index contributed by atoms with van der Waals surface area (Å²) in [6.07, 6.45) is -2.19. The summed E-state index contributed by atoms with van der Waals surface area (Å²) in [4.78, 5) is 36.2. The molecule has 0 saturated heterocycles. The summed E-state index contributed by atoms with van der Waals surface area (Å²) in [6, 6.07) is 22.3. The van der Waals surface area contributed by atoms with Gasteiger partial charge in [0.05, 0.1) is 19.0 Å². The van der Waals surface area contributed by atoms with Crippen molar-refractivity contribution in [1.29, 1.82) is 0 Å². The SMILES string of the molecule is CC(=O)c1ccc(NC(=O)O[C@H](c2ccc(OCCO)cc2)[C@@H](CCOC(=O)CS)Oc2ccccc2)cc1. The molecule has 1 amide bonds. The van der Waals surface area contributed by atoms with Crippen LogP contribution in [-0.2, 0) is 14.3 Å². The number of benzene rings is 3. The highest BCUT2D eigenvalue weighted by Gasteiger charge is 2.30. The molecule has 0 aromatic heterocycles. The number of ether oxygens (including phenoxy) is 4. The predicted molar refractivity (Wildman–Crippen MR) is 149 cm³/mol. The van der Waals surface area contributed by atoms with Crippen LogP contribution in [-0.4, -0.2) is 54.6 Å². The number of hydrogen-bond donors (Lipinski definition) is 3. The minimum Gasteiger partial charge on any atom is -0.491 e. The molecule has 0 aliphatic heterocycles. The largest absolute Gasteiger partial charge is 0.491 e. The third kappa shape index (κ3) is 9.66. The second kappa shape index (κ2) is 15.4. The molecule has 206 valence electrons. The van der Waals surface area contributed by atoms with Gasteiger partial charge in [0.1, 0.15) is 24.2 Å². The number of anilines is 1. The zero-order valence-corrected chi connectivity index (χ0v) is 22.3. The van der Waals surface area contributed by atoms with Crippen LogP contribution in [0.2, 0.25) is 0 Å². The first-order valence-corrected chi connectivity index (χ1v) is 12.9. The van der Waals surface area contributed by atoms with Gasteiger partial charge in [-0.2, -0.15) is 12.6 Å². The van der Waals surface area contributed by atoms with Crippen molar-refractivity contribution in [3.8, 4) is 11.5 Å². The topological polar surface area (TPSA) is 120 Å². The summed E-state index contributed by atoms with van der Waals surface area (Å²) < 4.78 is 22.8. The summed E-state index contributed by atoms with van der Waals surface area (Å²) in [6.45, 7) is 1.49. The quantitative estimate of drug-likeness (QED) is 0.147. The minimum atomic E-state index is -0.914. The van der Waals surface area contributed by atoms with Crippen molar-refractivity contribution in [3.05, 3.63) is 90.0 Å². The van der Waals surface area contributed by atoms with Crippen LogP contribution in [0.1, 0.15) is 35.4 Å². The summed E-state index contributed by atoms with van der Waals surface area (Å²) >= 11 is 3.93. The number of nitrogens with one attached hydrogen (secondary N) is 1. The van der Waals surface area contributed by atoms with E-state index in [0.29, 0.717) is 28.3 Å². The molecule has 39 heavy (non-hydrogen) atoms. The van der Waals surface area contributed by atoms with Gasteiger partial charge in [-0.1, -0.05) is 30.3 Å². The predicted octanol–water partition coefficient (Wildman–Crippen LogP) is 4.86. The van der Waals surface area contributed by atoms with Crippen LogP contribution in [0, 0.1) is 0 Å². The second-order valence-corrected chi connectivity index (χ2v) is 8.68. The van der Waals surface area contributed by atoms with E-state index in [4.69, 9.17) is 24.1 Å². The molecule has 3 aromatic rings. The number of aliphatic hydroxyl groups is 1. The lowest BCUT2D eigenvalue weighted by Gasteiger charge is -2.28. The summed E-state index contributed by atoms with van der Waals surface area (Å²) in [5, 5.41) is 11.7. The Morgan fingerprint density at radius 1 is 0.897 bits per heavy atom. The molecule has 0 heterocycles. The van der Waals surface area contributed by atoms with Gasteiger partial charge in [0.25, 0.3) is 0 Å². The molecule has 3 rings (SSSR count). The molecule has 0 saturated carbocycles. The van der Waals surface area contributed by atoms with Crippen molar-refractivity contribution in [1.82, 2.24) is 0 Å². The molecule has 0 radical (unpaired) electrons. The number of hydrogen-bond acceptors (Lipinski definition) is 9. The van der Waals surface area contributed by atoms with Crippen LogP contribution >= 0.6 is 12.6 Å². The Hall–Kier alpha value is -4.02. The van der Waals surface area contributed by atoms with Gasteiger partial charge in [0.15, 0.2) is 11.9 Å². The summed E-state index contributed by atoms with van der Waals surface area (Å²) in [5.74, 6) is 0.440. The Bertz CT molecular complexity index is 1200. The minimum absolute atomic E-state index is 0.0164. The average Bonchev–Trinajstić information content (AvgIpc) is 2.95. The second-order valence-electron chi connectivity index (χ2n) is 8.36. The number of thiol groups is 1. The van der Waals surface area contributed by atoms with Crippen molar-refractivity contribution < 1.29 is 38.4 Å². The number of Topliss-reactive ketones (excluding diaryl/α,β-unsaturated/α-hetero) is 1. The van der Waals surface area contributed by atoms with Crippen LogP contribution < -0.4 is 14.8 Å². The van der Waals surface area contributed by atoms with Crippen molar-refractivity contribution in [2.45, 2.75) is 25.6 Å². The lowest BCUT2D eigenvalue weighted by atomic mass is 10.0. The first-order valence-electron chi connectivity index (χ1n) is 12.3. The van der Waals surface area contributed by atoms with Crippen LogP contribution in [0.3, 0.4) is 0 Å². The van der Waals surface area contributed by atoms with Crippen LogP contribution in [0.4, 0.5) is 10.5 Å². The van der Waals surface area contributed by atoms with Crippen LogP contribution in [0.5, 0.6) is 11.5 Å². The van der Waals surface area contributed by atoms with Crippen molar-refractivity contribution >= 4 is 36.2 Å². The molecule has 0 aliphatic carbocycles. The molecule has 0 unspecified atom stereocenters. The molecular weight excluding hydrogens is 522 g/mol. The van der Waals surface area contributed by atoms with E-state index in [1.54, 1.807) is 60.7 Å². The Morgan fingerprint density at radius 2 is 1.59 bits per heavy atom. The molecule has 9 nitrogen and oxygen atoms in total. The first kappa shape index (κ1) is 29.5. The van der Waals surface area contributed by atoms with Gasteiger partial charge < -0.3 is 24.1 Å². The van der Waals surface area contributed by atoms with Crippen molar-refractivity contribution in [2.24, 2.45) is 0 Å². The maximum absolute atomic E-state index is 13.0. The molecule has 2 N–H and O–H groups in total. The number of rotatable bonds is 14. The number of esters is 1. The van der Waals surface area contributed by atoms with Crippen molar-refractivity contribution in [2.75, 3.05) is 30.9 Å². The van der Waals surface area contributed by atoms with Gasteiger partial charge in [0, 0.05) is 17.7 Å². The Labute approximate surface area is 232 Å². The van der Waals surface area contributed by atoms with Gasteiger partial charge in [-0.15, -0.1) is 0 Å². The fourth-order valence-electron chi connectivity index (χ4n) is 3.61. The number of carbonyl (C=O) groups excluding carboxylic acids is 3. The number of amides is 1. The molecule has 0 fully saturated rings. The highest BCUT2D eigenvalue weighted by molar-refractivity contribution is 7.81. The fourth-order valence-corrected chi connectivity index (χ4v) is 3.70. The van der Waals surface area contributed by atoms with E-state index in [1.165, 1.54) is 6.92 Å². The van der Waals surface area contributed by atoms with E-state index in [-0.39, 0.29) is 37.8 Å². The van der Waals surface area contributed by atoms with Gasteiger partial charge in [-0.3, -0.25) is 14.9 Å². The van der Waals surface area contributed by atoms with Gasteiger partial charge in [-0.25, -0.2) is 4.79 Å². The zero-order valence-electron chi connectivity index (χ0n) is 21.4. The highest BCUT2D eigenvalue weighted by Crippen LogP contribution is 2.30. The van der Waals surface area contributed by atoms with Gasteiger partial charge >= 0.3 is 12.1 Å². The zero-order chi connectivity index (χ0) is 28.0. The third-order valence-corrected chi connectivity index (χ3v) is 5.76. The van der Waals surface area contributed by atoms with E-state index in [1.807, 2.05) is 18.2 Å². The fraction of sp³-hybridized carbons (Fsp3) is 0.276. The van der Waals surface area contributed by atoms with Gasteiger partial charge in [0.2, 0.25) is 0 Å². The number of ketones is 1. The molecule has 10 heteroatoms. The molecule has 3 aromatic carbocycles. The van der Waals surface area contributed by atoms with Gasteiger partial charge in [-0.05, 0) is 61.0 Å². The maximum Gasteiger partial charge on any atom is 0.412 e. The molecule has 0 aliphatic rings. The number of para-hydroxylation sites is 1. The van der Waals surface area contributed by atoms with E-state index >= 15 is 0 Å². The van der Waals surface area contributed by atoms with Crippen LogP contribution in [0.25, 0.3) is 0 Å². The Kier molecular flexibility index (Phi) is 11.7. The van der Waals surface area contributed by atoms with Crippen molar-refractivity contribution in [3.63, 3.8) is 0 Å².